The summed E-state index contributed by atoms with van der Waals surface area (Å²) in [6.45, 7) is 0.00102. The Bertz CT molecular complexity index is 613. The predicted molar refractivity (Wildman–Crippen MR) is 71.8 cm³/mol. The lowest BCUT2D eigenvalue weighted by atomic mass is 10.1. The molecule has 1 N–H and O–H groups in total. The van der Waals surface area contributed by atoms with E-state index in [1.165, 1.54) is 18.2 Å². The van der Waals surface area contributed by atoms with Gasteiger partial charge >= 0.3 is 5.97 Å². The summed E-state index contributed by atoms with van der Waals surface area (Å²) in [5, 5.41) is 9.02. The van der Waals surface area contributed by atoms with Crippen LogP contribution in [0.5, 0.6) is 5.75 Å². The number of carboxylic acid groups (broad SMARTS) is 1. The van der Waals surface area contributed by atoms with Gasteiger partial charge in [-0.2, -0.15) is 0 Å². The Morgan fingerprint density at radius 3 is 2.68 bits per heavy atom. The molecule has 3 nitrogen and oxygen atoms in total. The molecule has 0 spiro atoms. The number of hydrogen-bond acceptors (Lipinski definition) is 2. The minimum atomic E-state index is -1.03. The summed E-state index contributed by atoms with van der Waals surface area (Å²) in [5.74, 6) is -1.44. The summed E-state index contributed by atoms with van der Waals surface area (Å²) in [7, 11) is 0. The van der Waals surface area contributed by atoms with Gasteiger partial charge in [0.15, 0.2) is 11.6 Å². The SMILES string of the molecule is O=C(O)c1ccccc1COc1ccc(Br)cc1F. The van der Waals surface area contributed by atoms with Crippen molar-refractivity contribution in [2.45, 2.75) is 6.61 Å². The van der Waals surface area contributed by atoms with E-state index < -0.39 is 11.8 Å². The molecule has 98 valence electrons. The van der Waals surface area contributed by atoms with E-state index in [1.54, 1.807) is 24.3 Å². The lowest BCUT2D eigenvalue weighted by Crippen LogP contribution is -2.05. The highest BCUT2D eigenvalue weighted by atomic mass is 79.9. The number of carboxylic acids is 1. The molecule has 5 heteroatoms. The van der Waals surface area contributed by atoms with Gasteiger partial charge in [0, 0.05) is 10.0 Å². The molecule has 0 aliphatic rings. The number of benzene rings is 2. The molecule has 0 atom stereocenters. The Kier molecular flexibility index (Phi) is 4.16. The van der Waals surface area contributed by atoms with Crippen LogP contribution in [0.1, 0.15) is 15.9 Å². The van der Waals surface area contributed by atoms with Gasteiger partial charge in [-0.05, 0) is 24.3 Å². The highest BCUT2D eigenvalue weighted by Crippen LogP contribution is 2.22. The number of hydrogen-bond donors (Lipinski definition) is 1. The van der Waals surface area contributed by atoms with Crippen LogP contribution in [0.3, 0.4) is 0 Å². The van der Waals surface area contributed by atoms with E-state index in [0.29, 0.717) is 10.0 Å². The molecule has 0 saturated carbocycles. The summed E-state index contributed by atoms with van der Waals surface area (Å²) in [5.41, 5.74) is 0.650. The van der Waals surface area contributed by atoms with Crippen LogP contribution in [0.15, 0.2) is 46.9 Å². The van der Waals surface area contributed by atoms with Crippen LogP contribution in [0, 0.1) is 5.82 Å². The Morgan fingerprint density at radius 1 is 1.26 bits per heavy atom. The fourth-order valence-corrected chi connectivity index (χ4v) is 1.94. The first-order valence-electron chi connectivity index (χ1n) is 5.47. The van der Waals surface area contributed by atoms with E-state index in [2.05, 4.69) is 15.9 Å². The molecule has 0 fully saturated rings. The molecule has 0 bridgehead atoms. The molecule has 0 saturated heterocycles. The monoisotopic (exact) mass is 324 g/mol. The van der Waals surface area contributed by atoms with Crippen LogP contribution >= 0.6 is 15.9 Å². The van der Waals surface area contributed by atoms with Crippen LogP contribution in [0.25, 0.3) is 0 Å². The minimum absolute atomic E-state index is 0.00102. The Balaban J connectivity index is 2.17. The van der Waals surface area contributed by atoms with Gasteiger partial charge in [-0.25, -0.2) is 9.18 Å². The standard InChI is InChI=1S/C14H10BrFO3/c15-10-5-6-13(12(16)7-10)19-8-9-3-1-2-4-11(9)14(17)18/h1-7H,8H2,(H,17,18). The number of rotatable bonds is 4. The maximum absolute atomic E-state index is 13.5. The minimum Gasteiger partial charge on any atom is -0.486 e. The first kappa shape index (κ1) is 13.5. The molecule has 0 unspecified atom stereocenters. The molecular formula is C14H10BrFO3. The van der Waals surface area contributed by atoms with Gasteiger partial charge in [0.05, 0.1) is 5.56 Å². The van der Waals surface area contributed by atoms with Crippen molar-refractivity contribution in [3.8, 4) is 5.75 Å². The van der Waals surface area contributed by atoms with Crippen LogP contribution in [0.4, 0.5) is 4.39 Å². The zero-order valence-corrected chi connectivity index (χ0v) is 11.4. The molecule has 2 rings (SSSR count). The zero-order valence-electron chi connectivity index (χ0n) is 9.77. The van der Waals surface area contributed by atoms with Crippen molar-refractivity contribution in [3.63, 3.8) is 0 Å². The van der Waals surface area contributed by atoms with Crippen molar-refractivity contribution >= 4 is 21.9 Å². The van der Waals surface area contributed by atoms with Gasteiger partial charge < -0.3 is 9.84 Å². The molecule has 0 amide bonds. The lowest BCUT2D eigenvalue weighted by molar-refractivity contribution is 0.0694. The topological polar surface area (TPSA) is 46.5 Å². The van der Waals surface area contributed by atoms with E-state index in [0.717, 1.165) is 0 Å². The second-order valence-corrected chi connectivity index (χ2v) is 4.74. The van der Waals surface area contributed by atoms with Gasteiger partial charge in [0.25, 0.3) is 0 Å². The molecule has 19 heavy (non-hydrogen) atoms. The van der Waals surface area contributed by atoms with E-state index in [1.807, 2.05) is 0 Å². The molecule has 0 aromatic heterocycles. The van der Waals surface area contributed by atoms with Crippen molar-refractivity contribution in [2.24, 2.45) is 0 Å². The number of aromatic carboxylic acids is 1. The molecule has 0 aliphatic carbocycles. The first-order chi connectivity index (χ1) is 9.08. The maximum Gasteiger partial charge on any atom is 0.336 e. The molecule has 2 aromatic carbocycles. The van der Waals surface area contributed by atoms with Gasteiger partial charge in [-0.1, -0.05) is 34.1 Å². The summed E-state index contributed by atoms with van der Waals surface area (Å²) in [4.78, 5) is 11.0. The van der Waals surface area contributed by atoms with Crippen LogP contribution in [-0.2, 0) is 6.61 Å². The highest BCUT2D eigenvalue weighted by molar-refractivity contribution is 9.10. The fourth-order valence-electron chi connectivity index (χ4n) is 1.60. The van der Waals surface area contributed by atoms with E-state index in [-0.39, 0.29) is 17.9 Å². The second kappa shape index (κ2) is 5.84. The molecular weight excluding hydrogens is 315 g/mol. The average molecular weight is 325 g/mol. The number of carbonyl (C=O) groups is 1. The molecule has 0 aliphatic heterocycles. The third-order valence-electron chi connectivity index (χ3n) is 2.52. The number of ether oxygens (including phenoxy) is 1. The zero-order chi connectivity index (χ0) is 13.8. The van der Waals surface area contributed by atoms with Crippen molar-refractivity contribution in [2.75, 3.05) is 0 Å². The first-order valence-corrected chi connectivity index (χ1v) is 6.26. The van der Waals surface area contributed by atoms with Crippen molar-refractivity contribution in [1.29, 1.82) is 0 Å². The van der Waals surface area contributed by atoms with Gasteiger partial charge in [0.2, 0.25) is 0 Å². The Hall–Kier alpha value is -1.88. The largest absolute Gasteiger partial charge is 0.486 e. The normalized spacial score (nSPS) is 10.2. The van der Waals surface area contributed by atoms with Gasteiger partial charge in [-0.3, -0.25) is 0 Å². The quantitative estimate of drug-likeness (QED) is 0.928. The Morgan fingerprint density at radius 2 is 2.00 bits per heavy atom. The molecule has 0 heterocycles. The van der Waals surface area contributed by atoms with E-state index in [9.17, 15) is 9.18 Å². The van der Waals surface area contributed by atoms with E-state index >= 15 is 0 Å². The van der Waals surface area contributed by atoms with Crippen LogP contribution < -0.4 is 4.74 Å². The third-order valence-corrected chi connectivity index (χ3v) is 3.02. The molecule has 0 radical (unpaired) electrons. The van der Waals surface area contributed by atoms with Crippen molar-refractivity contribution < 1.29 is 19.0 Å². The van der Waals surface area contributed by atoms with E-state index in [4.69, 9.17) is 9.84 Å². The van der Waals surface area contributed by atoms with Gasteiger partial charge in [-0.15, -0.1) is 0 Å². The second-order valence-electron chi connectivity index (χ2n) is 3.83. The average Bonchev–Trinajstić information content (AvgIpc) is 2.38. The molecule has 2 aromatic rings. The predicted octanol–water partition coefficient (Wildman–Crippen LogP) is 3.87. The maximum atomic E-state index is 13.5. The van der Waals surface area contributed by atoms with Crippen LogP contribution in [-0.4, -0.2) is 11.1 Å². The van der Waals surface area contributed by atoms with Gasteiger partial charge in [0.1, 0.15) is 6.61 Å². The van der Waals surface area contributed by atoms with Crippen molar-refractivity contribution in [3.05, 3.63) is 63.9 Å². The summed E-state index contributed by atoms with van der Waals surface area (Å²) in [6.07, 6.45) is 0. The van der Waals surface area contributed by atoms with Crippen molar-refractivity contribution in [1.82, 2.24) is 0 Å². The third kappa shape index (κ3) is 3.32. The smallest absolute Gasteiger partial charge is 0.336 e. The summed E-state index contributed by atoms with van der Waals surface area (Å²) in [6, 6.07) is 10.9. The fraction of sp³-hybridized carbons (Fsp3) is 0.0714. The summed E-state index contributed by atoms with van der Waals surface area (Å²) >= 11 is 3.15. The highest BCUT2D eigenvalue weighted by Gasteiger charge is 2.10. The summed E-state index contributed by atoms with van der Waals surface area (Å²) < 4.78 is 19.5. The van der Waals surface area contributed by atoms with Crippen LogP contribution in [0.2, 0.25) is 0 Å². The number of halogens is 2. The Labute approximate surface area is 117 Å². The lowest BCUT2D eigenvalue weighted by Gasteiger charge is -2.09.